The summed E-state index contributed by atoms with van der Waals surface area (Å²) in [6.45, 7) is -1.38. The number of halogens is 5. The van der Waals surface area contributed by atoms with E-state index in [1.165, 1.54) is 0 Å². The van der Waals surface area contributed by atoms with Gasteiger partial charge in [0.1, 0.15) is 0 Å². The predicted octanol–water partition coefficient (Wildman–Crippen LogP) is 2.15. The van der Waals surface area contributed by atoms with Crippen LogP contribution in [0.3, 0.4) is 0 Å². The highest BCUT2D eigenvalue weighted by molar-refractivity contribution is 5.78. The highest BCUT2D eigenvalue weighted by Gasteiger charge is 2.65. The van der Waals surface area contributed by atoms with Crippen LogP contribution in [-0.2, 0) is 14.3 Å². The van der Waals surface area contributed by atoms with Crippen LogP contribution in [0.5, 0.6) is 0 Å². The molecule has 1 saturated heterocycles. The van der Waals surface area contributed by atoms with Crippen LogP contribution in [0.1, 0.15) is 12.8 Å². The van der Waals surface area contributed by atoms with E-state index in [9.17, 15) is 26.7 Å². The molecule has 0 aromatic carbocycles. The van der Waals surface area contributed by atoms with Gasteiger partial charge in [-0.05, 0) is 0 Å². The summed E-state index contributed by atoms with van der Waals surface area (Å²) in [5, 5.41) is 0. The second-order valence-electron chi connectivity index (χ2n) is 3.87. The third-order valence-electron chi connectivity index (χ3n) is 2.69. The molecule has 8 heteroatoms. The van der Waals surface area contributed by atoms with Crippen LogP contribution < -0.4 is 0 Å². The van der Waals surface area contributed by atoms with Crippen molar-refractivity contribution in [2.45, 2.75) is 24.9 Å². The minimum Gasteiger partial charge on any atom is -0.468 e. The number of carbonyl (C=O) groups excluding carboxylic acids is 1. The Morgan fingerprint density at radius 3 is 2.41 bits per heavy atom. The standard InChI is InChI=1S/C9H11F5O3/c1-16-6(15)7(4-9(12,13)14)5-17-3-2-8(7,10)11/h2-5H2,1H3. The van der Waals surface area contributed by atoms with E-state index in [2.05, 4.69) is 9.47 Å². The first-order chi connectivity index (χ1) is 7.65. The van der Waals surface area contributed by atoms with E-state index in [-0.39, 0.29) is 6.61 Å². The number of methoxy groups -OCH3 is 1. The summed E-state index contributed by atoms with van der Waals surface area (Å²) in [5.74, 6) is -5.40. The van der Waals surface area contributed by atoms with Crippen molar-refractivity contribution >= 4 is 5.97 Å². The van der Waals surface area contributed by atoms with Crippen LogP contribution in [0.4, 0.5) is 22.0 Å². The first kappa shape index (κ1) is 14.1. The number of carbonyl (C=O) groups is 1. The van der Waals surface area contributed by atoms with Crippen molar-refractivity contribution in [2.24, 2.45) is 5.41 Å². The Bertz CT molecular complexity index is 301. The number of ether oxygens (including phenoxy) is 2. The van der Waals surface area contributed by atoms with E-state index in [4.69, 9.17) is 0 Å². The normalized spacial score (nSPS) is 28.8. The Balaban J connectivity index is 3.12. The monoisotopic (exact) mass is 262 g/mol. The summed E-state index contributed by atoms with van der Waals surface area (Å²) in [6.07, 6.45) is -7.80. The molecule has 1 fully saturated rings. The molecule has 3 nitrogen and oxygen atoms in total. The largest absolute Gasteiger partial charge is 0.468 e. The Labute approximate surface area is 93.9 Å². The molecule has 0 aliphatic carbocycles. The molecule has 0 saturated carbocycles. The van der Waals surface area contributed by atoms with Crippen LogP contribution in [0, 0.1) is 5.41 Å². The summed E-state index contributed by atoms with van der Waals surface area (Å²) in [7, 11) is 0.769. The van der Waals surface area contributed by atoms with Gasteiger partial charge in [-0.3, -0.25) is 4.79 Å². The lowest BCUT2D eigenvalue weighted by Crippen LogP contribution is -2.56. The zero-order valence-corrected chi connectivity index (χ0v) is 8.94. The van der Waals surface area contributed by atoms with Crippen molar-refractivity contribution in [3.8, 4) is 0 Å². The number of hydrogen-bond acceptors (Lipinski definition) is 3. The van der Waals surface area contributed by atoms with Crippen molar-refractivity contribution in [2.75, 3.05) is 20.3 Å². The molecule has 0 amide bonds. The summed E-state index contributed by atoms with van der Waals surface area (Å²) < 4.78 is 72.9. The summed E-state index contributed by atoms with van der Waals surface area (Å²) in [5.41, 5.74) is -2.97. The summed E-state index contributed by atoms with van der Waals surface area (Å²) in [6, 6.07) is 0. The zero-order chi connectivity index (χ0) is 13.3. The molecule has 0 bridgehead atoms. The minimum atomic E-state index is -4.90. The molecule has 1 heterocycles. The van der Waals surface area contributed by atoms with Gasteiger partial charge < -0.3 is 9.47 Å². The van der Waals surface area contributed by atoms with E-state index in [0.29, 0.717) is 0 Å². The van der Waals surface area contributed by atoms with Gasteiger partial charge in [0.05, 0.1) is 26.7 Å². The fourth-order valence-electron chi connectivity index (χ4n) is 1.79. The Kier molecular flexibility index (Phi) is 3.66. The van der Waals surface area contributed by atoms with E-state index in [1.807, 2.05) is 0 Å². The fourth-order valence-corrected chi connectivity index (χ4v) is 1.79. The van der Waals surface area contributed by atoms with Crippen LogP contribution in [0.25, 0.3) is 0 Å². The van der Waals surface area contributed by atoms with Crippen LogP contribution in [0.2, 0.25) is 0 Å². The van der Waals surface area contributed by atoms with Crippen molar-refractivity contribution in [3.05, 3.63) is 0 Å². The first-order valence-electron chi connectivity index (χ1n) is 4.75. The Morgan fingerprint density at radius 2 is 2.00 bits per heavy atom. The molecular weight excluding hydrogens is 251 g/mol. The quantitative estimate of drug-likeness (QED) is 0.565. The summed E-state index contributed by atoms with van der Waals surface area (Å²) in [4.78, 5) is 11.3. The molecule has 17 heavy (non-hydrogen) atoms. The SMILES string of the molecule is COC(=O)C1(CC(F)(F)F)COCCC1(F)F. The van der Waals surface area contributed by atoms with Crippen LogP contribution in [0.15, 0.2) is 0 Å². The molecule has 0 aromatic rings. The van der Waals surface area contributed by atoms with Gasteiger partial charge >= 0.3 is 12.1 Å². The number of alkyl halides is 5. The van der Waals surface area contributed by atoms with E-state index in [0.717, 1.165) is 7.11 Å². The van der Waals surface area contributed by atoms with Gasteiger partial charge in [-0.25, -0.2) is 8.78 Å². The topological polar surface area (TPSA) is 35.5 Å². The smallest absolute Gasteiger partial charge is 0.390 e. The number of hydrogen-bond donors (Lipinski definition) is 0. The molecule has 1 rings (SSSR count). The molecule has 1 unspecified atom stereocenters. The van der Waals surface area contributed by atoms with E-state index in [1.54, 1.807) is 0 Å². The van der Waals surface area contributed by atoms with Crippen molar-refractivity contribution < 1.29 is 36.2 Å². The molecule has 100 valence electrons. The molecular formula is C9H11F5O3. The summed E-state index contributed by atoms with van der Waals surface area (Å²) >= 11 is 0. The van der Waals surface area contributed by atoms with Gasteiger partial charge in [0.2, 0.25) is 0 Å². The molecule has 0 radical (unpaired) electrons. The molecule has 0 N–H and O–H groups in total. The lowest BCUT2D eigenvalue weighted by molar-refractivity contribution is -0.253. The number of rotatable bonds is 2. The second-order valence-corrected chi connectivity index (χ2v) is 3.87. The van der Waals surface area contributed by atoms with Gasteiger partial charge in [-0.15, -0.1) is 0 Å². The maximum Gasteiger partial charge on any atom is 0.390 e. The Morgan fingerprint density at radius 1 is 1.41 bits per heavy atom. The van der Waals surface area contributed by atoms with Gasteiger partial charge in [-0.1, -0.05) is 0 Å². The lowest BCUT2D eigenvalue weighted by atomic mass is 9.75. The first-order valence-corrected chi connectivity index (χ1v) is 4.75. The fraction of sp³-hybridized carbons (Fsp3) is 0.889. The average molecular weight is 262 g/mol. The van der Waals surface area contributed by atoms with Gasteiger partial charge in [0.25, 0.3) is 5.92 Å². The van der Waals surface area contributed by atoms with Gasteiger partial charge in [0.15, 0.2) is 5.41 Å². The van der Waals surface area contributed by atoms with Crippen molar-refractivity contribution in [1.29, 1.82) is 0 Å². The molecule has 1 aliphatic heterocycles. The maximum absolute atomic E-state index is 13.6. The van der Waals surface area contributed by atoms with E-state index < -0.39 is 42.9 Å². The molecule has 0 spiro atoms. The zero-order valence-electron chi connectivity index (χ0n) is 8.94. The lowest BCUT2D eigenvalue weighted by Gasteiger charge is -2.41. The molecule has 0 aromatic heterocycles. The second kappa shape index (κ2) is 4.40. The predicted molar refractivity (Wildman–Crippen MR) is 45.5 cm³/mol. The van der Waals surface area contributed by atoms with Crippen LogP contribution in [-0.4, -0.2) is 38.4 Å². The third kappa shape index (κ3) is 2.67. The maximum atomic E-state index is 13.6. The third-order valence-corrected chi connectivity index (χ3v) is 2.69. The minimum absolute atomic E-state index is 0.385. The highest BCUT2D eigenvalue weighted by Crippen LogP contribution is 2.49. The number of esters is 1. The van der Waals surface area contributed by atoms with Crippen molar-refractivity contribution in [3.63, 3.8) is 0 Å². The Hall–Kier alpha value is -0.920. The van der Waals surface area contributed by atoms with Crippen molar-refractivity contribution in [1.82, 2.24) is 0 Å². The van der Waals surface area contributed by atoms with E-state index >= 15 is 0 Å². The van der Waals surface area contributed by atoms with Crippen LogP contribution >= 0.6 is 0 Å². The van der Waals surface area contributed by atoms with Gasteiger partial charge in [-0.2, -0.15) is 13.2 Å². The van der Waals surface area contributed by atoms with Gasteiger partial charge in [0, 0.05) is 6.42 Å². The average Bonchev–Trinajstić information content (AvgIpc) is 2.18. The highest BCUT2D eigenvalue weighted by atomic mass is 19.4. The molecule has 1 aliphatic rings. The molecule has 1 atom stereocenters.